The normalized spacial score (nSPS) is 11.7. The second-order valence-electron chi connectivity index (χ2n) is 5.02. The van der Waals surface area contributed by atoms with Crippen molar-refractivity contribution in [2.24, 2.45) is 0 Å². The Morgan fingerprint density at radius 3 is 2.85 bits per heavy atom. The van der Waals surface area contributed by atoms with Crippen LogP contribution in [0.2, 0.25) is 5.02 Å². The minimum absolute atomic E-state index is 0.0461. The van der Waals surface area contributed by atoms with Gasteiger partial charge in [-0.2, -0.15) is 0 Å². The minimum Gasteiger partial charge on any atom is -0.448 e. The van der Waals surface area contributed by atoms with Crippen molar-refractivity contribution < 1.29 is 24.0 Å². The number of aromatic nitrogens is 1. The number of methoxy groups -OCH3 is 1. The summed E-state index contributed by atoms with van der Waals surface area (Å²) in [5.74, 6) is -1.45. The topological polar surface area (TPSA) is 121 Å². The number of hydrogen-bond donors (Lipinski definition) is 1. The van der Waals surface area contributed by atoms with Crippen molar-refractivity contribution in [2.75, 3.05) is 12.4 Å². The average Bonchev–Trinajstić information content (AvgIpc) is 3.05. The number of hydrogen-bond acceptors (Lipinski definition) is 8. The summed E-state index contributed by atoms with van der Waals surface area (Å²) in [6, 6.07) is 3.62. The highest BCUT2D eigenvalue weighted by atomic mass is 35.5. The van der Waals surface area contributed by atoms with Gasteiger partial charge < -0.3 is 14.8 Å². The second-order valence-corrected chi connectivity index (χ2v) is 6.37. The molecule has 1 aromatic carbocycles. The molecule has 0 fully saturated rings. The van der Waals surface area contributed by atoms with Gasteiger partial charge in [-0.05, 0) is 13.0 Å². The van der Waals surface area contributed by atoms with E-state index < -0.39 is 22.9 Å². The van der Waals surface area contributed by atoms with Crippen molar-refractivity contribution in [2.45, 2.75) is 19.6 Å². The molecule has 11 heteroatoms. The molecule has 0 spiro atoms. The van der Waals surface area contributed by atoms with E-state index in [1.807, 2.05) is 0 Å². The summed E-state index contributed by atoms with van der Waals surface area (Å²) in [4.78, 5) is 38.4. The fourth-order valence-electron chi connectivity index (χ4n) is 1.83. The summed E-state index contributed by atoms with van der Waals surface area (Å²) >= 11 is 7.15. The Morgan fingerprint density at radius 1 is 1.46 bits per heavy atom. The van der Waals surface area contributed by atoms with Gasteiger partial charge in [-0.3, -0.25) is 14.9 Å². The van der Waals surface area contributed by atoms with Gasteiger partial charge in [-0.1, -0.05) is 11.6 Å². The number of anilines is 1. The zero-order valence-electron chi connectivity index (χ0n) is 13.7. The summed E-state index contributed by atoms with van der Waals surface area (Å²) < 4.78 is 9.97. The van der Waals surface area contributed by atoms with Gasteiger partial charge in [0.05, 0.1) is 22.2 Å². The third-order valence-corrected chi connectivity index (χ3v) is 4.25. The zero-order chi connectivity index (χ0) is 19.3. The number of rotatable bonds is 7. The number of ether oxygens (including phenoxy) is 2. The quantitative estimate of drug-likeness (QED) is 0.431. The number of non-ortho nitro benzene ring substituents is 1. The molecule has 138 valence electrons. The van der Waals surface area contributed by atoms with Crippen LogP contribution in [0, 0.1) is 10.1 Å². The number of amides is 1. The fourth-order valence-corrected chi connectivity index (χ4v) is 2.72. The van der Waals surface area contributed by atoms with E-state index in [1.54, 1.807) is 0 Å². The molecule has 1 amide bonds. The fraction of sp³-hybridized carbons (Fsp3) is 0.267. The summed E-state index contributed by atoms with van der Waals surface area (Å²) in [7, 11) is 1.50. The van der Waals surface area contributed by atoms with E-state index in [9.17, 15) is 19.7 Å². The number of carbonyl (C=O) groups is 2. The third kappa shape index (κ3) is 4.97. The van der Waals surface area contributed by atoms with E-state index >= 15 is 0 Å². The summed E-state index contributed by atoms with van der Waals surface area (Å²) in [5, 5.41) is 15.4. The molecule has 0 aliphatic carbocycles. The molecule has 2 aromatic rings. The number of nitrogens with zero attached hydrogens (tertiary/aromatic N) is 2. The largest absolute Gasteiger partial charge is 0.448 e. The molecular weight excluding hydrogens is 386 g/mol. The average molecular weight is 400 g/mol. The van der Waals surface area contributed by atoms with Crippen LogP contribution >= 0.6 is 22.9 Å². The molecule has 2 rings (SSSR count). The Morgan fingerprint density at radius 2 is 2.19 bits per heavy atom. The van der Waals surface area contributed by atoms with Crippen LogP contribution < -0.4 is 5.32 Å². The number of nitro benzene ring substituents is 1. The Labute approximate surface area is 157 Å². The highest BCUT2D eigenvalue weighted by Crippen LogP contribution is 2.27. The van der Waals surface area contributed by atoms with Crippen LogP contribution in [0.5, 0.6) is 0 Å². The minimum atomic E-state index is -1.16. The smallest absolute Gasteiger partial charge is 0.358 e. The molecule has 1 heterocycles. The molecular formula is C15H14ClN3O6S. The number of nitrogens with one attached hydrogen (secondary N) is 1. The Bertz CT molecular complexity index is 841. The first-order chi connectivity index (χ1) is 12.3. The molecule has 1 aromatic heterocycles. The molecule has 1 N–H and O–H groups in total. The van der Waals surface area contributed by atoms with Gasteiger partial charge in [0.25, 0.3) is 11.6 Å². The van der Waals surface area contributed by atoms with Crippen molar-refractivity contribution in [3.05, 3.63) is 49.4 Å². The van der Waals surface area contributed by atoms with Crippen molar-refractivity contribution in [1.82, 2.24) is 4.98 Å². The number of thiazole rings is 1. The molecule has 1 unspecified atom stereocenters. The van der Waals surface area contributed by atoms with Gasteiger partial charge in [-0.15, -0.1) is 11.3 Å². The summed E-state index contributed by atoms with van der Waals surface area (Å²) in [5.41, 5.74) is -0.123. The molecule has 0 aliphatic rings. The predicted molar refractivity (Wildman–Crippen MR) is 94.4 cm³/mol. The lowest BCUT2D eigenvalue weighted by Gasteiger charge is -2.13. The lowest BCUT2D eigenvalue weighted by atomic mass is 10.2. The predicted octanol–water partition coefficient (Wildman–Crippen LogP) is 3.04. The maximum Gasteiger partial charge on any atom is 0.358 e. The van der Waals surface area contributed by atoms with Crippen LogP contribution in [0.4, 0.5) is 11.4 Å². The van der Waals surface area contributed by atoms with Crippen LogP contribution in [-0.2, 0) is 20.9 Å². The number of esters is 1. The number of nitro groups is 1. The monoisotopic (exact) mass is 399 g/mol. The standard InChI is InChI=1S/C15H14ClN3O6S/c1-8(25-15(21)12-7-26-13(17-12)6-24-2)14(20)18-11-5-9(19(22)23)3-4-10(11)16/h3-5,7-8H,6H2,1-2H3,(H,18,20). The maximum absolute atomic E-state index is 12.2. The Hall–Kier alpha value is -2.56. The zero-order valence-corrected chi connectivity index (χ0v) is 15.3. The first kappa shape index (κ1) is 19.8. The first-order valence-electron chi connectivity index (χ1n) is 7.21. The SMILES string of the molecule is COCc1nc(C(=O)OC(C)C(=O)Nc2cc([N+](=O)[O-])ccc2Cl)cs1. The van der Waals surface area contributed by atoms with Gasteiger partial charge in [0.1, 0.15) is 5.01 Å². The van der Waals surface area contributed by atoms with E-state index in [1.165, 1.54) is 42.9 Å². The van der Waals surface area contributed by atoms with Crippen molar-refractivity contribution in [3.63, 3.8) is 0 Å². The van der Waals surface area contributed by atoms with Gasteiger partial charge >= 0.3 is 5.97 Å². The molecule has 0 radical (unpaired) electrons. The lowest BCUT2D eigenvalue weighted by Crippen LogP contribution is -2.30. The van der Waals surface area contributed by atoms with Crippen LogP contribution in [0.25, 0.3) is 0 Å². The molecule has 0 saturated carbocycles. The number of benzene rings is 1. The molecule has 1 atom stereocenters. The summed E-state index contributed by atoms with van der Waals surface area (Å²) in [6.45, 7) is 1.63. The van der Waals surface area contributed by atoms with Gasteiger partial charge in [0, 0.05) is 24.6 Å². The lowest BCUT2D eigenvalue weighted by molar-refractivity contribution is -0.384. The van der Waals surface area contributed by atoms with Crippen molar-refractivity contribution in [3.8, 4) is 0 Å². The molecule has 26 heavy (non-hydrogen) atoms. The highest BCUT2D eigenvalue weighted by Gasteiger charge is 2.22. The van der Waals surface area contributed by atoms with Crippen LogP contribution in [0.15, 0.2) is 23.6 Å². The van der Waals surface area contributed by atoms with E-state index in [-0.39, 0.29) is 28.7 Å². The van der Waals surface area contributed by atoms with Crippen LogP contribution in [0.3, 0.4) is 0 Å². The van der Waals surface area contributed by atoms with Gasteiger partial charge in [0.2, 0.25) is 0 Å². The van der Waals surface area contributed by atoms with Gasteiger partial charge in [-0.25, -0.2) is 9.78 Å². The second kappa shape index (κ2) is 8.70. The van der Waals surface area contributed by atoms with Crippen molar-refractivity contribution in [1.29, 1.82) is 0 Å². The van der Waals surface area contributed by atoms with E-state index in [4.69, 9.17) is 21.1 Å². The van der Waals surface area contributed by atoms with Crippen LogP contribution in [-0.4, -0.2) is 35.0 Å². The van der Waals surface area contributed by atoms with Gasteiger partial charge in [0.15, 0.2) is 11.8 Å². The third-order valence-electron chi connectivity index (χ3n) is 3.10. The number of halogens is 1. The highest BCUT2D eigenvalue weighted by molar-refractivity contribution is 7.09. The van der Waals surface area contributed by atoms with E-state index in [0.29, 0.717) is 5.01 Å². The molecule has 0 saturated heterocycles. The Balaban J connectivity index is 2.02. The van der Waals surface area contributed by atoms with Crippen LogP contribution in [0.1, 0.15) is 22.4 Å². The molecule has 0 aliphatic heterocycles. The molecule has 0 bridgehead atoms. The first-order valence-corrected chi connectivity index (χ1v) is 8.46. The number of carbonyl (C=O) groups excluding carboxylic acids is 2. The Kier molecular flexibility index (Phi) is 6.61. The van der Waals surface area contributed by atoms with E-state index in [0.717, 1.165) is 6.07 Å². The molecule has 9 nitrogen and oxygen atoms in total. The summed E-state index contributed by atoms with van der Waals surface area (Å²) in [6.07, 6.45) is -1.16. The maximum atomic E-state index is 12.2. The van der Waals surface area contributed by atoms with E-state index in [2.05, 4.69) is 10.3 Å². The van der Waals surface area contributed by atoms with Crippen molar-refractivity contribution >= 4 is 46.2 Å².